The van der Waals surface area contributed by atoms with Crippen molar-refractivity contribution >= 4 is 23.2 Å². The molecule has 0 bridgehead atoms. The summed E-state index contributed by atoms with van der Waals surface area (Å²) < 4.78 is 19.1. The topological polar surface area (TPSA) is 51.2 Å². The van der Waals surface area contributed by atoms with Gasteiger partial charge in [-0.1, -0.05) is 12.1 Å². The van der Waals surface area contributed by atoms with Gasteiger partial charge in [-0.3, -0.25) is 4.79 Å². The number of hydrogen-bond donors (Lipinski definition) is 1. The molecule has 0 atom stereocenters. The van der Waals surface area contributed by atoms with Crippen molar-refractivity contribution in [3.63, 3.8) is 0 Å². The third-order valence-electron chi connectivity index (χ3n) is 3.01. The molecule has 22 heavy (non-hydrogen) atoms. The highest BCUT2D eigenvalue weighted by atomic mass is 35.5. The van der Waals surface area contributed by atoms with Crippen LogP contribution in [0.4, 0.5) is 10.1 Å². The zero-order valence-corrected chi connectivity index (χ0v) is 13.0. The summed E-state index contributed by atoms with van der Waals surface area (Å²) in [5.74, 6) is -0.456. The molecular formula is C16H16ClFN2O2. The molecule has 1 aromatic heterocycles. The van der Waals surface area contributed by atoms with E-state index in [2.05, 4.69) is 10.3 Å². The highest BCUT2D eigenvalue weighted by Crippen LogP contribution is 2.30. The number of carbonyl (C=O) groups excluding carboxylic acids is 1. The highest BCUT2D eigenvalue weighted by molar-refractivity contribution is 6.20. The molecule has 0 radical (unpaired) electrons. The number of nitrogens with one attached hydrogen (secondary N) is 1. The molecule has 2 aromatic rings. The largest absolute Gasteiger partial charge is 0.434 e. The predicted molar refractivity (Wildman–Crippen MR) is 83.8 cm³/mol. The first-order chi connectivity index (χ1) is 10.4. The Morgan fingerprint density at radius 1 is 1.32 bits per heavy atom. The Bertz CT molecular complexity index is 677. The normalized spacial score (nSPS) is 11.1. The second-order valence-corrected chi connectivity index (χ2v) is 5.63. The lowest BCUT2D eigenvalue weighted by molar-refractivity contribution is -0.122. The van der Waals surface area contributed by atoms with Gasteiger partial charge in [0.15, 0.2) is 11.6 Å². The van der Waals surface area contributed by atoms with E-state index < -0.39 is 11.2 Å². The van der Waals surface area contributed by atoms with Crippen LogP contribution in [0.25, 0.3) is 0 Å². The Morgan fingerprint density at radius 3 is 2.73 bits per heavy atom. The van der Waals surface area contributed by atoms with Crippen LogP contribution in [-0.2, 0) is 4.79 Å². The number of hydrogen-bond acceptors (Lipinski definition) is 3. The smallest absolute Gasteiger partial charge is 0.243 e. The van der Waals surface area contributed by atoms with Gasteiger partial charge in [-0.25, -0.2) is 9.37 Å². The van der Waals surface area contributed by atoms with Crippen LogP contribution in [0.3, 0.4) is 0 Å². The summed E-state index contributed by atoms with van der Waals surface area (Å²) in [6, 6.07) is 9.26. The van der Waals surface area contributed by atoms with E-state index in [1.165, 1.54) is 18.3 Å². The molecule has 0 fully saturated rings. The van der Waals surface area contributed by atoms with Crippen molar-refractivity contribution in [2.45, 2.75) is 13.8 Å². The van der Waals surface area contributed by atoms with Crippen LogP contribution in [0.1, 0.15) is 13.8 Å². The Hall–Kier alpha value is -2.14. The number of alkyl halides is 1. The van der Waals surface area contributed by atoms with Crippen LogP contribution in [0.5, 0.6) is 11.6 Å². The zero-order chi connectivity index (χ0) is 16.2. The number of carbonyl (C=O) groups is 1. The van der Waals surface area contributed by atoms with Crippen LogP contribution in [0.2, 0.25) is 0 Å². The summed E-state index contributed by atoms with van der Waals surface area (Å²) in [5.41, 5.74) is -0.388. The van der Waals surface area contributed by atoms with Crippen molar-refractivity contribution in [3.05, 3.63) is 48.4 Å². The van der Waals surface area contributed by atoms with Crippen molar-refractivity contribution in [3.8, 4) is 11.6 Å². The number of rotatable bonds is 5. The average Bonchev–Trinajstić information content (AvgIpc) is 2.51. The minimum absolute atomic E-state index is 0.0355. The van der Waals surface area contributed by atoms with E-state index in [1.807, 2.05) is 0 Å². The maximum Gasteiger partial charge on any atom is 0.243 e. The van der Waals surface area contributed by atoms with Crippen LogP contribution >= 0.6 is 11.6 Å². The Morgan fingerprint density at radius 2 is 2.05 bits per heavy atom. The summed E-state index contributed by atoms with van der Waals surface area (Å²) in [6.45, 7) is 3.45. The average molecular weight is 323 g/mol. The van der Waals surface area contributed by atoms with Gasteiger partial charge in [0.1, 0.15) is 5.69 Å². The van der Waals surface area contributed by atoms with E-state index in [0.717, 1.165) is 0 Å². The van der Waals surface area contributed by atoms with E-state index in [4.69, 9.17) is 16.3 Å². The van der Waals surface area contributed by atoms with Gasteiger partial charge in [0.05, 0.1) is 5.41 Å². The van der Waals surface area contributed by atoms with E-state index >= 15 is 0 Å². The number of amides is 1. The molecule has 1 aromatic carbocycles. The molecule has 0 spiro atoms. The Labute approximate surface area is 133 Å². The number of benzene rings is 1. The summed E-state index contributed by atoms with van der Waals surface area (Å²) in [7, 11) is 0. The fourth-order valence-corrected chi connectivity index (χ4v) is 1.67. The van der Waals surface area contributed by atoms with Gasteiger partial charge in [-0.15, -0.1) is 11.6 Å². The number of nitrogens with zero attached hydrogens (tertiary/aromatic N) is 1. The van der Waals surface area contributed by atoms with E-state index in [-0.39, 0.29) is 23.4 Å². The molecule has 4 nitrogen and oxygen atoms in total. The second-order valence-electron chi connectivity index (χ2n) is 5.36. The molecule has 1 amide bonds. The minimum Gasteiger partial charge on any atom is -0.434 e. The van der Waals surface area contributed by atoms with Crippen LogP contribution in [0, 0.1) is 11.2 Å². The van der Waals surface area contributed by atoms with E-state index in [0.29, 0.717) is 5.69 Å². The lowest BCUT2D eigenvalue weighted by atomic mass is 9.95. The molecule has 0 aliphatic carbocycles. The molecule has 0 unspecified atom stereocenters. The molecule has 2 rings (SSSR count). The maximum atomic E-state index is 13.7. The van der Waals surface area contributed by atoms with Gasteiger partial charge < -0.3 is 10.1 Å². The van der Waals surface area contributed by atoms with Crippen LogP contribution in [0.15, 0.2) is 42.6 Å². The molecule has 116 valence electrons. The number of para-hydroxylation sites is 1. The number of aromatic nitrogens is 1. The Kier molecular flexibility index (Phi) is 4.98. The number of halogens is 2. The highest BCUT2D eigenvalue weighted by Gasteiger charge is 2.27. The molecule has 1 N–H and O–H groups in total. The van der Waals surface area contributed by atoms with Crippen molar-refractivity contribution in [1.82, 2.24) is 4.98 Å². The fraction of sp³-hybridized carbons (Fsp3) is 0.250. The summed E-state index contributed by atoms with van der Waals surface area (Å²) in [6.07, 6.45) is 1.50. The lowest BCUT2D eigenvalue weighted by Gasteiger charge is -2.21. The maximum absolute atomic E-state index is 13.7. The van der Waals surface area contributed by atoms with Crippen LogP contribution < -0.4 is 10.1 Å². The molecular weight excluding hydrogens is 307 g/mol. The molecule has 1 heterocycles. The number of anilines is 1. The van der Waals surface area contributed by atoms with Gasteiger partial charge in [0.2, 0.25) is 11.8 Å². The van der Waals surface area contributed by atoms with E-state index in [9.17, 15) is 9.18 Å². The standard InChI is InChI=1S/C16H16ClFN2O2/c1-16(2,10-17)15(21)20-12-7-5-9-19-14(12)22-13-8-4-3-6-11(13)18/h3-9H,10H2,1-2H3,(H,20,21). The van der Waals surface area contributed by atoms with Gasteiger partial charge in [-0.2, -0.15) is 0 Å². The summed E-state index contributed by atoms with van der Waals surface area (Å²) >= 11 is 5.79. The van der Waals surface area contributed by atoms with Gasteiger partial charge in [0, 0.05) is 12.1 Å². The summed E-state index contributed by atoms with van der Waals surface area (Å²) in [4.78, 5) is 16.2. The van der Waals surface area contributed by atoms with Crippen molar-refractivity contribution in [2.75, 3.05) is 11.2 Å². The van der Waals surface area contributed by atoms with Crippen molar-refractivity contribution in [2.24, 2.45) is 5.41 Å². The predicted octanol–water partition coefficient (Wildman–Crippen LogP) is 4.22. The van der Waals surface area contributed by atoms with Gasteiger partial charge in [0.25, 0.3) is 0 Å². The monoisotopic (exact) mass is 322 g/mol. The third kappa shape index (κ3) is 3.74. The lowest BCUT2D eigenvalue weighted by Crippen LogP contribution is -2.32. The Balaban J connectivity index is 2.24. The van der Waals surface area contributed by atoms with Crippen molar-refractivity contribution < 1.29 is 13.9 Å². The molecule has 0 saturated heterocycles. The third-order valence-corrected chi connectivity index (χ3v) is 3.68. The molecule has 0 saturated carbocycles. The zero-order valence-electron chi connectivity index (χ0n) is 12.3. The minimum atomic E-state index is -0.743. The number of ether oxygens (including phenoxy) is 1. The van der Waals surface area contributed by atoms with E-state index in [1.54, 1.807) is 38.1 Å². The fourth-order valence-electron chi connectivity index (χ4n) is 1.55. The first-order valence-corrected chi connectivity index (χ1v) is 7.22. The first kappa shape index (κ1) is 16.2. The quantitative estimate of drug-likeness (QED) is 0.839. The summed E-state index contributed by atoms with van der Waals surface area (Å²) in [5, 5.41) is 2.71. The van der Waals surface area contributed by atoms with Crippen LogP contribution in [-0.4, -0.2) is 16.8 Å². The second kappa shape index (κ2) is 6.75. The van der Waals surface area contributed by atoms with Gasteiger partial charge in [-0.05, 0) is 38.1 Å². The van der Waals surface area contributed by atoms with Gasteiger partial charge >= 0.3 is 0 Å². The van der Waals surface area contributed by atoms with Crippen molar-refractivity contribution in [1.29, 1.82) is 0 Å². The number of pyridine rings is 1. The molecule has 6 heteroatoms. The molecule has 0 aliphatic heterocycles. The first-order valence-electron chi connectivity index (χ1n) is 6.69. The molecule has 0 aliphatic rings. The SMILES string of the molecule is CC(C)(CCl)C(=O)Nc1cccnc1Oc1ccccc1F.